The first-order valence-electron chi connectivity index (χ1n) is 10.5. The van der Waals surface area contributed by atoms with Crippen LogP contribution in [0.15, 0.2) is 48.5 Å². The summed E-state index contributed by atoms with van der Waals surface area (Å²) in [7, 11) is -1.74. The molecule has 0 spiro atoms. The van der Waals surface area contributed by atoms with Gasteiger partial charge in [0.2, 0.25) is 10.0 Å². The second-order valence-electron chi connectivity index (χ2n) is 7.67. The normalized spacial score (nSPS) is 15.1. The van der Waals surface area contributed by atoms with Crippen LogP contribution in [0.1, 0.15) is 43.2 Å². The number of sulfonamides is 1. The summed E-state index contributed by atoms with van der Waals surface area (Å²) in [5.74, 6) is 0.711. The molecule has 0 amide bonds. The van der Waals surface area contributed by atoms with E-state index in [4.69, 9.17) is 4.74 Å². The molecule has 0 aromatic heterocycles. The van der Waals surface area contributed by atoms with Gasteiger partial charge < -0.3 is 9.64 Å². The van der Waals surface area contributed by atoms with Gasteiger partial charge >= 0.3 is 0 Å². The van der Waals surface area contributed by atoms with Crippen molar-refractivity contribution in [2.75, 3.05) is 31.6 Å². The Hall–Kier alpha value is -2.05. The minimum Gasteiger partial charge on any atom is -0.497 e. The van der Waals surface area contributed by atoms with Gasteiger partial charge in [0.05, 0.1) is 12.9 Å². The highest BCUT2D eigenvalue weighted by atomic mass is 32.2. The third-order valence-electron chi connectivity index (χ3n) is 5.39. The summed E-state index contributed by atoms with van der Waals surface area (Å²) in [5.41, 5.74) is 3.30. The Labute approximate surface area is 175 Å². The van der Waals surface area contributed by atoms with E-state index in [-0.39, 0.29) is 5.75 Å². The van der Waals surface area contributed by atoms with E-state index < -0.39 is 10.0 Å². The quantitative estimate of drug-likeness (QED) is 0.625. The number of hydrogen-bond donors (Lipinski definition) is 1. The average molecular weight is 417 g/mol. The van der Waals surface area contributed by atoms with Gasteiger partial charge in [-0.3, -0.25) is 0 Å². The lowest BCUT2D eigenvalue weighted by Crippen LogP contribution is -2.26. The number of aryl methyl sites for hydroxylation is 1. The summed E-state index contributed by atoms with van der Waals surface area (Å²) in [6, 6.07) is 15.9. The van der Waals surface area contributed by atoms with E-state index in [1.807, 2.05) is 0 Å². The molecule has 1 heterocycles. The van der Waals surface area contributed by atoms with Crippen molar-refractivity contribution in [3.63, 3.8) is 0 Å². The Bertz CT molecular complexity index is 841. The number of ether oxygens (including phenoxy) is 1. The lowest BCUT2D eigenvalue weighted by atomic mass is 10.1. The number of rotatable bonds is 9. The van der Waals surface area contributed by atoms with Crippen LogP contribution in [-0.2, 0) is 22.2 Å². The van der Waals surface area contributed by atoms with Crippen LogP contribution in [0.5, 0.6) is 5.75 Å². The number of hydrogen-bond acceptors (Lipinski definition) is 4. The molecule has 1 aliphatic rings. The maximum atomic E-state index is 12.3. The fourth-order valence-corrected chi connectivity index (χ4v) is 4.90. The predicted octanol–water partition coefficient (Wildman–Crippen LogP) is 4.13. The summed E-state index contributed by atoms with van der Waals surface area (Å²) < 4.78 is 32.3. The zero-order chi connectivity index (χ0) is 20.5. The molecule has 158 valence electrons. The molecule has 2 aromatic rings. The molecule has 5 nitrogen and oxygen atoms in total. The highest BCUT2D eigenvalue weighted by Gasteiger charge is 2.12. The minimum absolute atomic E-state index is 0.0124. The van der Waals surface area contributed by atoms with Gasteiger partial charge in [0.25, 0.3) is 0 Å². The van der Waals surface area contributed by atoms with Crippen LogP contribution in [0, 0.1) is 0 Å². The monoisotopic (exact) mass is 416 g/mol. The summed E-state index contributed by atoms with van der Waals surface area (Å²) in [5, 5.41) is 0. The maximum Gasteiger partial charge on any atom is 0.215 e. The van der Waals surface area contributed by atoms with Crippen molar-refractivity contribution >= 4 is 15.7 Å². The third-order valence-corrected chi connectivity index (χ3v) is 6.74. The van der Waals surface area contributed by atoms with Crippen LogP contribution in [-0.4, -0.2) is 35.2 Å². The topological polar surface area (TPSA) is 58.6 Å². The van der Waals surface area contributed by atoms with Crippen molar-refractivity contribution in [2.45, 2.75) is 44.3 Å². The Kier molecular flexibility index (Phi) is 7.95. The van der Waals surface area contributed by atoms with Gasteiger partial charge in [0.1, 0.15) is 5.75 Å². The van der Waals surface area contributed by atoms with E-state index in [1.165, 1.54) is 36.9 Å². The molecule has 1 N–H and O–H groups in total. The number of nitrogens with one attached hydrogen (secondary N) is 1. The highest BCUT2D eigenvalue weighted by Crippen LogP contribution is 2.20. The highest BCUT2D eigenvalue weighted by molar-refractivity contribution is 7.88. The standard InChI is InChI=1S/C23H32N2O3S/c1-28-23-14-10-21(11-15-23)19-29(26,27)24-16-6-7-20-8-12-22(13-9-20)25-17-4-2-3-5-18-25/h8-15,24H,2-7,16-19H2,1H3. The largest absolute Gasteiger partial charge is 0.497 e. The maximum absolute atomic E-state index is 12.3. The molecule has 0 aliphatic carbocycles. The summed E-state index contributed by atoms with van der Waals surface area (Å²) in [6.07, 6.45) is 6.87. The van der Waals surface area contributed by atoms with E-state index in [2.05, 4.69) is 33.9 Å². The smallest absolute Gasteiger partial charge is 0.215 e. The number of benzene rings is 2. The molecular formula is C23H32N2O3S. The van der Waals surface area contributed by atoms with Gasteiger partial charge in [0.15, 0.2) is 0 Å². The Morgan fingerprint density at radius 2 is 1.52 bits per heavy atom. The van der Waals surface area contributed by atoms with E-state index in [0.29, 0.717) is 6.54 Å². The van der Waals surface area contributed by atoms with Crippen LogP contribution in [0.3, 0.4) is 0 Å². The van der Waals surface area contributed by atoms with Crippen molar-refractivity contribution in [2.24, 2.45) is 0 Å². The molecule has 0 saturated carbocycles. The Morgan fingerprint density at radius 3 is 2.14 bits per heavy atom. The van der Waals surface area contributed by atoms with Gasteiger partial charge in [-0.15, -0.1) is 0 Å². The molecule has 1 saturated heterocycles. The first-order chi connectivity index (χ1) is 14.1. The van der Waals surface area contributed by atoms with Gasteiger partial charge in [-0.05, 0) is 61.1 Å². The molecule has 6 heteroatoms. The Balaban J connectivity index is 1.42. The average Bonchev–Trinajstić information content (AvgIpc) is 3.02. The third kappa shape index (κ3) is 7.05. The fourth-order valence-electron chi connectivity index (χ4n) is 3.71. The fraction of sp³-hybridized carbons (Fsp3) is 0.478. The van der Waals surface area contributed by atoms with Crippen molar-refractivity contribution < 1.29 is 13.2 Å². The number of anilines is 1. The zero-order valence-corrected chi connectivity index (χ0v) is 18.1. The minimum atomic E-state index is -3.33. The van der Waals surface area contributed by atoms with E-state index in [0.717, 1.165) is 37.2 Å². The van der Waals surface area contributed by atoms with Crippen LogP contribution in [0.4, 0.5) is 5.69 Å². The molecule has 29 heavy (non-hydrogen) atoms. The van der Waals surface area contributed by atoms with Gasteiger partial charge in [0, 0.05) is 25.3 Å². The van der Waals surface area contributed by atoms with Gasteiger partial charge in [-0.25, -0.2) is 13.1 Å². The molecule has 1 aliphatic heterocycles. The molecule has 0 radical (unpaired) electrons. The van der Waals surface area contributed by atoms with Crippen molar-refractivity contribution in [3.8, 4) is 5.75 Å². The summed E-state index contributed by atoms with van der Waals surface area (Å²) in [4.78, 5) is 2.48. The predicted molar refractivity (Wildman–Crippen MR) is 119 cm³/mol. The van der Waals surface area contributed by atoms with Crippen LogP contribution < -0.4 is 14.4 Å². The SMILES string of the molecule is COc1ccc(CS(=O)(=O)NCCCc2ccc(N3CCCCCC3)cc2)cc1. The second-order valence-corrected chi connectivity index (χ2v) is 9.48. The molecule has 0 atom stereocenters. The first kappa shape index (κ1) is 21.7. The van der Waals surface area contributed by atoms with Crippen LogP contribution >= 0.6 is 0 Å². The summed E-state index contributed by atoms with van der Waals surface area (Å²) in [6.45, 7) is 2.75. The van der Waals surface area contributed by atoms with E-state index >= 15 is 0 Å². The lowest BCUT2D eigenvalue weighted by Gasteiger charge is -2.22. The van der Waals surface area contributed by atoms with Crippen LogP contribution in [0.25, 0.3) is 0 Å². The van der Waals surface area contributed by atoms with Gasteiger partial charge in [-0.1, -0.05) is 37.1 Å². The first-order valence-corrected chi connectivity index (χ1v) is 12.2. The van der Waals surface area contributed by atoms with Crippen LogP contribution in [0.2, 0.25) is 0 Å². The van der Waals surface area contributed by atoms with Gasteiger partial charge in [-0.2, -0.15) is 0 Å². The lowest BCUT2D eigenvalue weighted by molar-refractivity contribution is 0.414. The zero-order valence-electron chi connectivity index (χ0n) is 17.3. The molecule has 0 unspecified atom stereocenters. The van der Waals surface area contributed by atoms with Crippen molar-refractivity contribution in [3.05, 3.63) is 59.7 Å². The van der Waals surface area contributed by atoms with Crippen molar-refractivity contribution in [1.29, 1.82) is 0 Å². The van der Waals surface area contributed by atoms with E-state index in [9.17, 15) is 8.42 Å². The molecule has 3 rings (SSSR count). The summed E-state index contributed by atoms with van der Waals surface area (Å²) >= 11 is 0. The molecule has 2 aromatic carbocycles. The molecule has 0 bridgehead atoms. The molecule has 1 fully saturated rings. The molecular weight excluding hydrogens is 384 g/mol. The number of methoxy groups -OCH3 is 1. The Morgan fingerprint density at radius 1 is 0.897 bits per heavy atom. The second kappa shape index (κ2) is 10.6. The van der Waals surface area contributed by atoms with E-state index in [1.54, 1.807) is 31.4 Å². The number of nitrogens with zero attached hydrogens (tertiary/aromatic N) is 1. The van der Waals surface area contributed by atoms with Crippen molar-refractivity contribution in [1.82, 2.24) is 4.72 Å².